The molecule has 0 aliphatic rings. The van der Waals surface area contributed by atoms with Crippen molar-refractivity contribution < 1.29 is 5.11 Å². The van der Waals surface area contributed by atoms with Crippen LogP contribution in [-0.2, 0) is 0 Å². The number of allylic oxidation sites excluding steroid dienone is 2. The Morgan fingerprint density at radius 3 is 1.69 bits per heavy atom. The molecule has 0 spiro atoms. The smallest absolute Gasteiger partial charge is 0.0431 e. The number of hydrogen-bond acceptors (Lipinski definition) is 1. The van der Waals surface area contributed by atoms with Crippen molar-refractivity contribution in [3.8, 4) is 0 Å². The Morgan fingerprint density at radius 2 is 1.19 bits per heavy atom. The molecular formula is C15H30O. The number of hydrogen-bond donors (Lipinski definition) is 1. The van der Waals surface area contributed by atoms with Crippen molar-refractivity contribution >= 4 is 0 Å². The summed E-state index contributed by atoms with van der Waals surface area (Å²) < 4.78 is 0. The molecule has 0 fully saturated rings. The van der Waals surface area contributed by atoms with Crippen LogP contribution in [0.4, 0.5) is 0 Å². The van der Waals surface area contributed by atoms with Crippen LogP contribution in [0.15, 0.2) is 12.2 Å². The molecule has 0 radical (unpaired) electrons. The lowest BCUT2D eigenvalue weighted by molar-refractivity contribution is 0.282. The zero-order valence-electron chi connectivity index (χ0n) is 11.1. The summed E-state index contributed by atoms with van der Waals surface area (Å²) in [6, 6.07) is 0. The van der Waals surface area contributed by atoms with E-state index in [1.807, 2.05) is 0 Å². The van der Waals surface area contributed by atoms with E-state index in [4.69, 9.17) is 5.11 Å². The van der Waals surface area contributed by atoms with Crippen molar-refractivity contribution in [1.82, 2.24) is 0 Å². The van der Waals surface area contributed by atoms with Gasteiger partial charge < -0.3 is 5.11 Å². The van der Waals surface area contributed by atoms with Gasteiger partial charge in [0, 0.05) is 6.61 Å². The summed E-state index contributed by atoms with van der Waals surface area (Å²) in [5.41, 5.74) is 0. The van der Waals surface area contributed by atoms with Crippen LogP contribution in [0.1, 0.15) is 77.6 Å². The SMILES string of the molecule is CCC=CCCCCCCCCCCCO. The minimum absolute atomic E-state index is 0.366. The second-order valence-corrected chi connectivity index (χ2v) is 4.57. The predicted molar refractivity (Wildman–Crippen MR) is 72.7 cm³/mol. The Balaban J connectivity index is 2.90. The molecule has 0 rings (SSSR count). The lowest BCUT2D eigenvalue weighted by atomic mass is 10.1. The summed E-state index contributed by atoms with van der Waals surface area (Å²) in [5.74, 6) is 0. The maximum absolute atomic E-state index is 8.62. The van der Waals surface area contributed by atoms with Gasteiger partial charge in [-0.3, -0.25) is 0 Å². The lowest BCUT2D eigenvalue weighted by Gasteiger charge is -2.01. The van der Waals surface area contributed by atoms with Crippen LogP contribution in [0.5, 0.6) is 0 Å². The van der Waals surface area contributed by atoms with E-state index in [1.54, 1.807) is 0 Å². The molecule has 0 aromatic rings. The van der Waals surface area contributed by atoms with Gasteiger partial charge in [-0.15, -0.1) is 0 Å². The fraction of sp³-hybridized carbons (Fsp3) is 0.867. The maximum atomic E-state index is 8.62. The van der Waals surface area contributed by atoms with Crippen LogP contribution >= 0.6 is 0 Å². The molecule has 0 aliphatic heterocycles. The first-order valence-electron chi connectivity index (χ1n) is 7.17. The van der Waals surface area contributed by atoms with E-state index in [2.05, 4.69) is 19.1 Å². The molecule has 0 unspecified atom stereocenters. The number of aliphatic hydroxyl groups is 1. The van der Waals surface area contributed by atoms with E-state index in [9.17, 15) is 0 Å². The topological polar surface area (TPSA) is 20.2 Å². The highest BCUT2D eigenvalue weighted by molar-refractivity contribution is 4.79. The second-order valence-electron chi connectivity index (χ2n) is 4.57. The summed E-state index contributed by atoms with van der Waals surface area (Å²) in [5, 5.41) is 8.62. The monoisotopic (exact) mass is 226 g/mol. The fourth-order valence-corrected chi connectivity index (χ4v) is 1.90. The number of rotatable bonds is 12. The van der Waals surface area contributed by atoms with Crippen LogP contribution in [-0.4, -0.2) is 11.7 Å². The minimum atomic E-state index is 0.366. The van der Waals surface area contributed by atoms with Gasteiger partial charge in [0.2, 0.25) is 0 Å². The first kappa shape index (κ1) is 15.7. The van der Waals surface area contributed by atoms with Crippen molar-refractivity contribution in [2.45, 2.75) is 77.6 Å². The molecule has 96 valence electrons. The summed E-state index contributed by atoms with van der Waals surface area (Å²) >= 11 is 0. The van der Waals surface area contributed by atoms with Crippen LogP contribution < -0.4 is 0 Å². The molecule has 0 saturated heterocycles. The largest absolute Gasteiger partial charge is 0.396 e. The summed E-state index contributed by atoms with van der Waals surface area (Å²) in [7, 11) is 0. The average molecular weight is 226 g/mol. The minimum Gasteiger partial charge on any atom is -0.396 e. The first-order chi connectivity index (χ1) is 7.91. The molecule has 0 atom stereocenters. The van der Waals surface area contributed by atoms with E-state index in [1.165, 1.54) is 64.2 Å². The first-order valence-corrected chi connectivity index (χ1v) is 7.17. The molecule has 0 bridgehead atoms. The van der Waals surface area contributed by atoms with Gasteiger partial charge >= 0.3 is 0 Å². The van der Waals surface area contributed by atoms with Crippen LogP contribution in [0.2, 0.25) is 0 Å². The normalized spacial score (nSPS) is 11.4. The van der Waals surface area contributed by atoms with Crippen molar-refractivity contribution in [2.24, 2.45) is 0 Å². The standard InChI is InChI=1S/C15H30O/c1-2-3-4-5-6-7-8-9-10-11-12-13-14-15-16/h3-4,16H,2,5-15H2,1H3. The van der Waals surface area contributed by atoms with Gasteiger partial charge in [-0.05, 0) is 25.7 Å². The molecule has 1 nitrogen and oxygen atoms in total. The van der Waals surface area contributed by atoms with E-state index < -0.39 is 0 Å². The highest BCUT2D eigenvalue weighted by atomic mass is 16.2. The van der Waals surface area contributed by atoms with Crippen LogP contribution in [0.25, 0.3) is 0 Å². The molecule has 1 N–H and O–H groups in total. The van der Waals surface area contributed by atoms with Crippen LogP contribution in [0.3, 0.4) is 0 Å². The van der Waals surface area contributed by atoms with Crippen molar-refractivity contribution in [3.05, 3.63) is 12.2 Å². The second kappa shape index (κ2) is 14.7. The predicted octanol–water partition coefficient (Wildman–Crippen LogP) is 4.85. The highest BCUT2D eigenvalue weighted by Gasteiger charge is 1.91. The van der Waals surface area contributed by atoms with Crippen molar-refractivity contribution in [3.63, 3.8) is 0 Å². The molecule has 0 saturated carbocycles. The Morgan fingerprint density at radius 1 is 0.688 bits per heavy atom. The maximum Gasteiger partial charge on any atom is 0.0431 e. The van der Waals surface area contributed by atoms with Gasteiger partial charge in [0.1, 0.15) is 0 Å². The summed E-state index contributed by atoms with van der Waals surface area (Å²) in [6.45, 7) is 2.55. The molecule has 0 heterocycles. The molecule has 1 heteroatoms. The van der Waals surface area contributed by atoms with Crippen molar-refractivity contribution in [1.29, 1.82) is 0 Å². The lowest BCUT2D eigenvalue weighted by Crippen LogP contribution is -1.84. The third-order valence-electron chi connectivity index (χ3n) is 2.93. The number of unbranched alkanes of at least 4 members (excludes halogenated alkanes) is 9. The van der Waals surface area contributed by atoms with E-state index in [0.717, 1.165) is 6.42 Å². The fourth-order valence-electron chi connectivity index (χ4n) is 1.90. The van der Waals surface area contributed by atoms with Gasteiger partial charge in [0.15, 0.2) is 0 Å². The zero-order chi connectivity index (χ0) is 11.9. The quantitative estimate of drug-likeness (QED) is 0.373. The molecule has 0 amide bonds. The number of aliphatic hydroxyl groups excluding tert-OH is 1. The zero-order valence-corrected chi connectivity index (χ0v) is 11.1. The molecule has 16 heavy (non-hydrogen) atoms. The van der Waals surface area contributed by atoms with Crippen LogP contribution in [0, 0.1) is 0 Å². The third-order valence-corrected chi connectivity index (χ3v) is 2.93. The van der Waals surface area contributed by atoms with Gasteiger partial charge in [0.25, 0.3) is 0 Å². The average Bonchev–Trinajstić information content (AvgIpc) is 2.31. The van der Waals surface area contributed by atoms with E-state index in [-0.39, 0.29) is 0 Å². The van der Waals surface area contributed by atoms with Crippen molar-refractivity contribution in [2.75, 3.05) is 6.61 Å². The Kier molecular flexibility index (Phi) is 14.4. The Labute approximate surface area is 102 Å². The van der Waals surface area contributed by atoms with Gasteiger partial charge in [-0.1, -0.05) is 64.0 Å². The highest BCUT2D eigenvalue weighted by Crippen LogP contribution is 2.10. The van der Waals surface area contributed by atoms with E-state index in [0.29, 0.717) is 6.61 Å². The van der Waals surface area contributed by atoms with Gasteiger partial charge in [0.05, 0.1) is 0 Å². The molecule has 0 aliphatic carbocycles. The molecular weight excluding hydrogens is 196 g/mol. The van der Waals surface area contributed by atoms with Gasteiger partial charge in [-0.25, -0.2) is 0 Å². The molecule has 0 aromatic carbocycles. The van der Waals surface area contributed by atoms with E-state index >= 15 is 0 Å². The summed E-state index contributed by atoms with van der Waals surface area (Å²) in [6.07, 6.45) is 18.8. The molecule has 0 aromatic heterocycles. The summed E-state index contributed by atoms with van der Waals surface area (Å²) in [4.78, 5) is 0. The third kappa shape index (κ3) is 13.7. The Hall–Kier alpha value is -0.300. The Bertz CT molecular complexity index is 140. The van der Waals surface area contributed by atoms with Gasteiger partial charge in [-0.2, -0.15) is 0 Å².